The summed E-state index contributed by atoms with van der Waals surface area (Å²) >= 11 is 0. The zero-order valence-electron chi connectivity index (χ0n) is 19.8. The van der Waals surface area contributed by atoms with Crippen LogP contribution in [0.4, 0.5) is 27.8 Å². The molecule has 6 nitrogen and oxygen atoms in total. The van der Waals surface area contributed by atoms with Crippen LogP contribution in [0.3, 0.4) is 0 Å². The smallest absolute Gasteiger partial charge is 0.385 e. The summed E-state index contributed by atoms with van der Waals surface area (Å²) < 4.78 is 69.8. The van der Waals surface area contributed by atoms with Crippen LogP contribution in [0, 0.1) is 17.8 Å². The van der Waals surface area contributed by atoms with Crippen molar-refractivity contribution in [3.8, 4) is 11.3 Å². The molecule has 7 rings (SSSR count). The van der Waals surface area contributed by atoms with Crippen molar-refractivity contribution in [1.82, 2.24) is 19.4 Å². The Morgan fingerprint density at radius 1 is 1.06 bits per heavy atom. The van der Waals surface area contributed by atoms with Crippen LogP contribution in [0.5, 0.6) is 0 Å². The van der Waals surface area contributed by atoms with Crippen LogP contribution < -0.4 is 5.73 Å². The Labute approximate surface area is 205 Å². The number of aliphatic hydroxyl groups excluding tert-OH is 1. The second-order valence-electron chi connectivity index (χ2n) is 11.1. The number of nitrogens with two attached hydrogens (primary N) is 1. The average molecular weight is 512 g/mol. The minimum atomic E-state index is -4.64. The van der Waals surface area contributed by atoms with Crippen molar-refractivity contribution in [2.45, 2.75) is 75.2 Å². The lowest BCUT2D eigenvalue weighted by molar-refractivity contribution is -0.137. The highest BCUT2D eigenvalue weighted by Gasteiger charge is 2.51. The van der Waals surface area contributed by atoms with E-state index in [1.807, 2.05) is 4.57 Å². The molecule has 3 N–H and O–H groups in total. The Kier molecular flexibility index (Phi) is 5.60. The zero-order valence-corrected chi connectivity index (χ0v) is 19.8. The molecule has 0 amide bonds. The molecule has 3 heterocycles. The zero-order chi connectivity index (χ0) is 25.4. The first-order valence-electron chi connectivity index (χ1n) is 12.7. The minimum absolute atomic E-state index is 0.0101. The van der Waals surface area contributed by atoms with E-state index in [0.29, 0.717) is 36.4 Å². The molecule has 5 aliphatic rings. The monoisotopic (exact) mass is 511 g/mol. The van der Waals surface area contributed by atoms with E-state index < -0.39 is 29.6 Å². The van der Waals surface area contributed by atoms with E-state index in [1.165, 1.54) is 6.20 Å². The lowest BCUT2D eigenvalue weighted by atomic mass is 9.59. The SMILES string of the molecule is Nc1ncc(-c2cn(C3CC(N4CCC(F)(F)CC4)C4CC3C4)c(C(O)C3CC3)n2)cc1C(F)(F)F. The number of likely N-dealkylation sites (tertiary alicyclic amines) is 1. The van der Waals surface area contributed by atoms with Crippen molar-refractivity contribution in [1.29, 1.82) is 0 Å². The Hall–Kier alpha value is -2.27. The number of nitrogens with zero attached hydrogens (tertiary/aromatic N) is 4. The normalized spacial score (nSPS) is 31.2. The highest BCUT2D eigenvalue weighted by molar-refractivity contribution is 5.62. The van der Waals surface area contributed by atoms with Crippen molar-refractivity contribution in [3.63, 3.8) is 0 Å². The number of fused-ring (bicyclic) bond motifs is 2. The molecule has 2 aromatic rings. The predicted octanol–water partition coefficient (Wildman–Crippen LogP) is 5.06. The van der Waals surface area contributed by atoms with Gasteiger partial charge in [-0.2, -0.15) is 13.2 Å². The van der Waals surface area contributed by atoms with E-state index in [4.69, 9.17) is 5.73 Å². The van der Waals surface area contributed by atoms with E-state index >= 15 is 0 Å². The number of hydrogen-bond acceptors (Lipinski definition) is 5. The second-order valence-corrected chi connectivity index (χ2v) is 11.1. The number of nitrogen functional groups attached to an aromatic ring is 1. The Morgan fingerprint density at radius 3 is 2.36 bits per heavy atom. The van der Waals surface area contributed by atoms with Gasteiger partial charge in [-0.15, -0.1) is 0 Å². The van der Waals surface area contributed by atoms with Gasteiger partial charge in [-0.1, -0.05) is 0 Å². The maximum absolute atomic E-state index is 13.8. The van der Waals surface area contributed by atoms with Crippen molar-refractivity contribution in [3.05, 3.63) is 29.8 Å². The van der Waals surface area contributed by atoms with Gasteiger partial charge in [-0.25, -0.2) is 18.7 Å². The van der Waals surface area contributed by atoms with Gasteiger partial charge in [0.2, 0.25) is 0 Å². The fourth-order valence-corrected chi connectivity index (χ4v) is 6.44. The topological polar surface area (TPSA) is 80.2 Å². The summed E-state index contributed by atoms with van der Waals surface area (Å²) in [7, 11) is 0. The number of anilines is 1. The highest BCUT2D eigenvalue weighted by atomic mass is 19.4. The molecule has 0 spiro atoms. The first-order chi connectivity index (χ1) is 17.0. The summed E-state index contributed by atoms with van der Waals surface area (Å²) in [5, 5.41) is 11.0. The molecule has 5 fully saturated rings. The third-order valence-electron chi connectivity index (χ3n) is 8.75. The van der Waals surface area contributed by atoms with Crippen molar-refractivity contribution >= 4 is 5.82 Å². The number of halogens is 5. The van der Waals surface area contributed by atoms with Gasteiger partial charge >= 0.3 is 6.18 Å². The molecule has 1 saturated heterocycles. The van der Waals surface area contributed by atoms with Crippen molar-refractivity contribution in [2.75, 3.05) is 18.8 Å². The molecular weight excluding hydrogens is 481 g/mol. The second kappa shape index (κ2) is 8.37. The fraction of sp³-hybridized carbons (Fsp3) is 0.680. The quantitative estimate of drug-likeness (QED) is 0.549. The molecule has 11 heteroatoms. The number of pyridine rings is 1. The number of aliphatic hydroxyl groups is 1. The van der Waals surface area contributed by atoms with Gasteiger partial charge in [0.15, 0.2) is 0 Å². The van der Waals surface area contributed by atoms with Gasteiger partial charge in [-0.05, 0) is 55.9 Å². The largest absolute Gasteiger partial charge is 0.419 e. The molecule has 0 aromatic carbocycles. The number of hydrogen-bond donors (Lipinski definition) is 2. The van der Waals surface area contributed by atoms with Gasteiger partial charge in [0.05, 0.1) is 11.3 Å². The minimum Gasteiger partial charge on any atom is -0.385 e. The van der Waals surface area contributed by atoms with E-state index in [9.17, 15) is 27.1 Å². The number of aromatic nitrogens is 3. The molecule has 36 heavy (non-hydrogen) atoms. The predicted molar refractivity (Wildman–Crippen MR) is 122 cm³/mol. The lowest BCUT2D eigenvalue weighted by Gasteiger charge is -2.55. The molecular formula is C25H30F5N5O. The molecule has 1 aliphatic heterocycles. The highest BCUT2D eigenvalue weighted by Crippen LogP contribution is 2.54. The maximum Gasteiger partial charge on any atom is 0.419 e. The molecule has 3 unspecified atom stereocenters. The van der Waals surface area contributed by atoms with Crippen LogP contribution in [0.25, 0.3) is 11.3 Å². The summed E-state index contributed by atoms with van der Waals surface area (Å²) in [6.07, 6.45) is 1.80. The molecule has 196 valence electrons. The average Bonchev–Trinajstić information content (AvgIpc) is 3.55. The fourth-order valence-electron chi connectivity index (χ4n) is 6.44. The number of imidazole rings is 1. The number of piperidine rings is 1. The molecule has 2 bridgehead atoms. The first kappa shape index (κ1) is 24.1. The third kappa shape index (κ3) is 4.27. The molecule has 2 aromatic heterocycles. The van der Waals surface area contributed by atoms with Crippen LogP contribution in [0.15, 0.2) is 18.5 Å². The Morgan fingerprint density at radius 2 is 1.72 bits per heavy atom. The number of rotatable bonds is 5. The van der Waals surface area contributed by atoms with Crippen LogP contribution in [-0.4, -0.2) is 49.6 Å². The summed E-state index contributed by atoms with van der Waals surface area (Å²) in [5.74, 6) is -1.78. The Balaban J connectivity index is 1.33. The van der Waals surface area contributed by atoms with Crippen molar-refractivity contribution in [2.24, 2.45) is 17.8 Å². The first-order valence-corrected chi connectivity index (χ1v) is 12.7. The standard InChI is InChI=1S/C25H30F5N5O/c26-24(27)3-5-34(6-4-24)19-10-20(15-7-14(19)8-15)35-12-18(33-23(35)21(36)13-1-2-13)16-9-17(25(28,29)30)22(31)32-11-16/h9,11-15,19-21,36H,1-8,10H2,(H2,31,32). The summed E-state index contributed by atoms with van der Waals surface area (Å²) in [6.45, 7) is 0.741. The molecule has 4 saturated carbocycles. The molecule has 4 aliphatic carbocycles. The van der Waals surface area contributed by atoms with E-state index in [2.05, 4.69) is 14.9 Å². The van der Waals surface area contributed by atoms with E-state index in [0.717, 1.165) is 38.2 Å². The van der Waals surface area contributed by atoms with E-state index in [1.54, 1.807) is 6.20 Å². The number of alkyl halides is 5. The van der Waals surface area contributed by atoms with Crippen LogP contribution in [-0.2, 0) is 6.18 Å². The summed E-state index contributed by atoms with van der Waals surface area (Å²) in [4.78, 5) is 10.6. The van der Waals surface area contributed by atoms with Gasteiger partial charge < -0.3 is 15.4 Å². The van der Waals surface area contributed by atoms with Crippen LogP contribution >= 0.6 is 0 Å². The molecule has 3 atom stereocenters. The van der Waals surface area contributed by atoms with Crippen LogP contribution in [0.2, 0.25) is 0 Å². The third-order valence-corrected chi connectivity index (χ3v) is 8.75. The van der Waals surface area contributed by atoms with Crippen molar-refractivity contribution < 1.29 is 27.1 Å². The van der Waals surface area contributed by atoms with Gasteiger partial charge in [0, 0.05) is 56.0 Å². The van der Waals surface area contributed by atoms with Gasteiger partial charge in [0.25, 0.3) is 5.92 Å². The maximum atomic E-state index is 13.8. The summed E-state index contributed by atoms with van der Waals surface area (Å²) in [6, 6.07) is 1.15. The van der Waals surface area contributed by atoms with E-state index in [-0.39, 0.29) is 36.4 Å². The Bertz CT molecular complexity index is 1130. The van der Waals surface area contributed by atoms with Gasteiger partial charge in [-0.3, -0.25) is 4.90 Å². The summed E-state index contributed by atoms with van der Waals surface area (Å²) in [5.41, 5.74) is 4.98. The van der Waals surface area contributed by atoms with Crippen LogP contribution in [0.1, 0.15) is 68.5 Å². The molecule has 0 radical (unpaired) electrons. The lowest BCUT2D eigenvalue weighted by Crippen LogP contribution is -2.56. The van der Waals surface area contributed by atoms with Gasteiger partial charge in [0.1, 0.15) is 17.7 Å².